The van der Waals surface area contributed by atoms with Gasteiger partial charge in [-0.05, 0) is 48.9 Å². The second-order valence-corrected chi connectivity index (χ2v) is 4.50. The first-order chi connectivity index (χ1) is 10.2. The summed E-state index contributed by atoms with van der Waals surface area (Å²) in [7, 11) is 0. The molecule has 0 fully saturated rings. The highest BCUT2D eigenvalue weighted by Gasteiger charge is 1.99. The Balaban J connectivity index is 1.93. The topological polar surface area (TPSA) is 76.4 Å². The average Bonchev–Trinajstić information content (AvgIpc) is 2.47. The van der Waals surface area contributed by atoms with Gasteiger partial charge >= 0.3 is 6.03 Å². The fourth-order valence-electron chi connectivity index (χ4n) is 1.93. The van der Waals surface area contributed by atoms with E-state index < -0.39 is 6.03 Å². The maximum Gasteiger partial charge on any atom is 0.316 e. The third-order valence-corrected chi connectivity index (χ3v) is 2.86. The number of carbonyl (C=O) groups is 1. The van der Waals surface area contributed by atoms with E-state index in [9.17, 15) is 4.79 Å². The number of ether oxygens (including phenoxy) is 1. The van der Waals surface area contributed by atoms with E-state index in [2.05, 4.69) is 10.6 Å². The van der Waals surface area contributed by atoms with Crippen molar-refractivity contribution in [2.24, 2.45) is 5.73 Å². The molecule has 0 saturated heterocycles. The molecule has 0 aliphatic rings. The summed E-state index contributed by atoms with van der Waals surface area (Å²) in [6, 6.07) is 14.8. The van der Waals surface area contributed by atoms with Crippen LogP contribution < -0.4 is 21.1 Å². The van der Waals surface area contributed by atoms with E-state index in [0.717, 1.165) is 17.0 Å². The highest BCUT2D eigenvalue weighted by molar-refractivity contribution is 5.87. The summed E-state index contributed by atoms with van der Waals surface area (Å²) in [5.41, 5.74) is 7.83. The number of hydrogen-bond acceptors (Lipinski definition) is 3. The normalized spacial score (nSPS) is 9.95. The number of urea groups is 1. The van der Waals surface area contributed by atoms with Crippen molar-refractivity contribution in [2.45, 2.75) is 13.5 Å². The fraction of sp³-hybridized carbons (Fsp3) is 0.188. The molecule has 5 nitrogen and oxygen atoms in total. The summed E-state index contributed by atoms with van der Waals surface area (Å²) in [5.74, 6) is 0.873. The molecule has 0 atom stereocenters. The quantitative estimate of drug-likeness (QED) is 0.763. The van der Waals surface area contributed by atoms with Crippen molar-refractivity contribution in [3.63, 3.8) is 0 Å². The minimum Gasteiger partial charge on any atom is -0.494 e. The Morgan fingerprint density at radius 1 is 1.14 bits per heavy atom. The van der Waals surface area contributed by atoms with Gasteiger partial charge in [0.25, 0.3) is 0 Å². The van der Waals surface area contributed by atoms with Crippen LogP contribution in [0.5, 0.6) is 5.75 Å². The molecule has 0 heterocycles. The van der Waals surface area contributed by atoms with Gasteiger partial charge in [0.1, 0.15) is 5.75 Å². The van der Waals surface area contributed by atoms with Crippen molar-refractivity contribution < 1.29 is 9.53 Å². The molecule has 2 rings (SSSR count). The molecule has 0 aliphatic heterocycles. The number of carbonyl (C=O) groups excluding carboxylic acids is 1. The maximum absolute atomic E-state index is 10.7. The Labute approximate surface area is 124 Å². The van der Waals surface area contributed by atoms with Crippen LogP contribution in [0.15, 0.2) is 48.5 Å². The van der Waals surface area contributed by atoms with Gasteiger partial charge in [-0.25, -0.2) is 4.79 Å². The summed E-state index contributed by atoms with van der Waals surface area (Å²) in [6.45, 7) is 3.32. The molecule has 2 aromatic rings. The van der Waals surface area contributed by atoms with Crippen molar-refractivity contribution in [3.05, 3.63) is 54.1 Å². The van der Waals surface area contributed by atoms with Crippen LogP contribution in [0.1, 0.15) is 12.5 Å². The summed E-state index contributed by atoms with van der Waals surface area (Å²) in [4.78, 5) is 10.7. The number of rotatable bonds is 6. The van der Waals surface area contributed by atoms with Crippen LogP contribution in [-0.4, -0.2) is 12.6 Å². The smallest absolute Gasteiger partial charge is 0.316 e. The van der Waals surface area contributed by atoms with Crippen LogP contribution in [-0.2, 0) is 6.54 Å². The molecule has 4 N–H and O–H groups in total. The van der Waals surface area contributed by atoms with Gasteiger partial charge in [0.15, 0.2) is 0 Å². The first kappa shape index (κ1) is 14.7. The molecule has 0 unspecified atom stereocenters. The summed E-state index contributed by atoms with van der Waals surface area (Å²) < 4.78 is 5.47. The predicted octanol–water partition coefficient (Wildman–Crippen LogP) is 3.19. The van der Waals surface area contributed by atoms with Gasteiger partial charge in [0, 0.05) is 17.9 Å². The summed E-state index contributed by atoms with van der Waals surface area (Å²) in [6.07, 6.45) is 0. The third-order valence-electron chi connectivity index (χ3n) is 2.86. The van der Waals surface area contributed by atoms with E-state index in [1.807, 2.05) is 43.3 Å². The number of amides is 2. The molecule has 0 bridgehead atoms. The molecular weight excluding hydrogens is 266 g/mol. The monoisotopic (exact) mass is 285 g/mol. The first-order valence-corrected chi connectivity index (χ1v) is 6.79. The van der Waals surface area contributed by atoms with E-state index in [1.165, 1.54) is 0 Å². The van der Waals surface area contributed by atoms with E-state index in [-0.39, 0.29) is 0 Å². The second-order valence-electron chi connectivity index (χ2n) is 4.50. The van der Waals surface area contributed by atoms with Gasteiger partial charge in [-0.2, -0.15) is 0 Å². The zero-order valence-corrected chi connectivity index (χ0v) is 11.9. The largest absolute Gasteiger partial charge is 0.494 e. The number of hydrogen-bond donors (Lipinski definition) is 3. The molecule has 110 valence electrons. The van der Waals surface area contributed by atoms with Crippen LogP contribution >= 0.6 is 0 Å². The Kier molecular flexibility index (Phi) is 5.04. The van der Waals surface area contributed by atoms with E-state index in [4.69, 9.17) is 10.5 Å². The van der Waals surface area contributed by atoms with Gasteiger partial charge in [-0.1, -0.05) is 12.1 Å². The summed E-state index contributed by atoms with van der Waals surface area (Å²) in [5, 5.41) is 5.83. The Hall–Kier alpha value is -2.69. The number of nitrogens with two attached hydrogens (primary N) is 1. The molecule has 2 amide bonds. The van der Waals surface area contributed by atoms with Crippen molar-refractivity contribution in [2.75, 3.05) is 17.2 Å². The molecule has 0 aromatic heterocycles. The lowest BCUT2D eigenvalue weighted by Gasteiger charge is -2.09. The predicted molar refractivity (Wildman–Crippen MR) is 84.6 cm³/mol. The molecule has 0 saturated carbocycles. The highest BCUT2D eigenvalue weighted by Crippen LogP contribution is 2.17. The number of anilines is 2. The zero-order valence-electron chi connectivity index (χ0n) is 11.9. The van der Waals surface area contributed by atoms with Gasteiger partial charge in [-0.15, -0.1) is 0 Å². The van der Waals surface area contributed by atoms with Crippen LogP contribution in [0.4, 0.5) is 16.2 Å². The Morgan fingerprint density at radius 3 is 2.52 bits per heavy atom. The molecule has 5 heteroatoms. The van der Waals surface area contributed by atoms with Crippen LogP contribution in [0.2, 0.25) is 0 Å². The van der Waals surface area contributed by atoms with E-state index in [1.54, 1.807) is 12.1 Å². The first-order valence-electron chi connectivity index (χ1n) is 6.79. The van der Waals surface area contributed by atoms with Crippen LogP contribution in [0, 0.1) is 0 Å². The van der Waals surface area contributed by atoms with Crippen molar-refractivity contribution in [3.8, 4) is 5.75 Å². The SMILES string of the molecule is CCOc1cccc(CNc2ccc(NC(N)=O)cc2)c1. The maximum atomic E-state index is 10.7. The molecule has 0 spiro atoms. The lowest BCUT2D eigenvalue weighted by molar-refractivity contribution is 0.259. The molecule has 0 aliphatic carbocycles. The zero-order chi connectivity index (χ0) is 15.1. The van der Waals surface area contributed by atoms with Gasteiger partial charge < -0.3 is 21.1 Å². The average molecular weight is 285 g/mol. The van der Waals surface area contributed by atoms with E-state index in [0.29, 0.717) is 18.8 Å². The number of nitrogens with one attached hydrogen (secondary N) is 2. The molecule has 21 heavy (non-hydrogen) atoms. The standard InChI is InChI=1S/C16H19N3O2/c1-2-21-15-5-3-4-12(10-15)11-18-13-6-8-14(9-7-13)19-16(17)20/h3-10,18H,2,11H2,1H3,(H3,17,19,20). The van der Waals surface area contributed by atoms with Crippen molar-refractivity contribution >= 4 is 17.4 Å². The van der Waals surface area contributed by atoms with Crippen LogP contribution in [0.25, 0.3) is 0 Å². The third kappa shape index (κ3) is 4.72. The Morgan fingerprint density at radius 2 is 1.86 bits per heavy atom. The van der Waals surface area contributed by atoms with Crippen molar-refractivity contribution in [1.82, 2.24) is 0 Å². The number of primary amides is 1. The summed E-state index contributed by atoms with van der Waals surface area (Å²) >= 11 is 0. The molecule has 2 aromatic carbocycles. The molecule has 0 radical (unpaired) electrons. The fourth-order valence-corrected chi connectivity index (χ4v) is 1.93. The lowest BCUT2D eigenvalue weighted by Crippen LogP contribution is -2.19. The number of benzene rings is 2. The minimum atomic E-state index is -0.566. The van der Waals surface area contributed by atoms with Crippen LogP contribution in [0.3, 0.4) is 0 Å². The van der Waals surface area contributed by atoms with E-state index >= 15 is 0 Å². The lowest BCUT2D eigenvalue weighted by atomic mass is 10.2. The van der Waals surface area contributed by atoms with Gasteiger partial charge in [0.2, 0.25) is 0 Å². The highest BCUT2D eigenvalue weighted by atomic mass is 16.5. The Bertz CT molecular complexity index is 597. The minimum absolute atomic E-state index is 0.566. The molecular formula is C16H19N3O2. The van der Waals surface area contributed by atoms with Gasteiger partial charge in [0.05, 0.1) is 6.61 Å². The van der Waals surface area contributed by atoms with Gasteiger partial charge in [-0.3, -0.25) is 0 Å². The van der Waals surface area contributed by atoms with Crippen molar-refractivity contribution in [1.29, 1.82) is 0 Å². The second kappa shape index (κ2) is 7.19.